The van der Waals surface area contributed by atoms with Gasteiger partial charge in [-0.3, -0.25) is 10.1 Å². The Morgan fingerprint density at radius 1 is 1.16 bits per heavy atom. The van der Waals surface area contributed by atoms with Gasteiger partial charge in [-0.15, -0.1) is 0 Å². The number of carbonyl (C=O) groups excluding carboxylic acids is 1. The van der Waals surface area contributed by atoms with Crippen molar-refractivity contribution in [3.8, 4) is 5.75 Å². The molecule has 132 valence electrons. The van der Waals surface area contributed by atoms with Crippen molar-refractivity contribution in [2.45, 2.75) is 11.5 Å². The van der Waals surface area contributed by atoms with Gasteiger partial charge in [-0.1, -0.05) is 39.8 Å². The fraction of sp³-hybridized carbons (Fsp3) is 0.188. The van der Waals surface area contributed by atoms with Gasteiger partial charge < -0.3 is 15.2 Å². The summed E-state index contributed by atoms with van der Waals surface area (Å²) < 4.78 is 10.1. The van der Waals surface area contributed by atoms with Crippen LogP contribution in [-0.2, 0) is 11.3 Å². The van der Waals surface area contributed by atoms with Crippen molar-refractivity contribution in [3.05, 3.63) is 64.2 Å². The molecule has 9 heteroatoms. The topological polar surface area (TPSA) is 105 Å². The molecule has 0 bridgehead atoms. The Bertz CT molecular complexity index is 725. The van der Waals surface area contributed by atoms with E-state index in [0.29, 0.717) is 6.54 Å². The molecule has 25 heavy (non-hydrogen) atoms. The smallest absolute Gasteiger partial charge is 0.429 e. The van der Waals surface area contributed by atoms with Gasteiger partial charge in [-0.2, -0.15) is 0 Å². The van der Waals surface area contributed by atoms with Gasteiger partial charge in [0, 0.05) is 34.9 Å². The molecule has 7 nitrogen and oxygen atoms in total. The van der Waals surface area contributed by atoms with Crippen LogP contribution in [0.5, 0.6) is 5.75 Å². The molecular formula is C16H16N2O5S2. The first-order chi connectivity index (χ1) is 12.1. The SMILES string of the molecule is NCCSSc1ccccc1COC(=O)Oc1ccc([N+](=O)[O-])cc1. The Balaban J connectivity index is 1.88. The maximum absolute atomic E-state index is 11.8. The molecule has 0 fully saturated rings. The third kappa shape index (κ3) is 6.29. The van der Waals surface area contributed by atoms with Crippen LogP contribution in [-0.4, -0.2) is 23.4 Å². The molecule has 2 N–H and O–H groups in total. The fourth-order valence-electron chi connectivity index (χ4n) is 1.76. The lowest BCUT2D eigenvalue weighted by atomic mass is 10.2. The summed E-state index contributed by atoms with van der Waals surface area (Å²) in [5, 5.41) is 10.6. The predicted molar refractivity (Wildman–Crippen MR) is 97.7 cm³/mol. The average molecular weight is 380 g/mol. The molecule has 0 radical (unpaired) electrons. The van der Waals surface area contributed by atoms with E-state index >= 15 is 0 Å². The molecule has 2 aromatic rings. The summed E-state index contributed by atoms with van der Waals surface area (Å²) in [6.45, 7) is 0.663. The maximum Gasteiger partial charge on any atom is 0.514 e. The minimum atomic E-state index is -0.872. The van der Waals surface area contributed by atoms with Gasteiger partial charge in [0.05, 0.1) is 4.92 Å². The van der Waals surface area contributed by atoms with Crippen LogP contribution >= 0.6 is 21.6 Å². The van der Waals surface area contributed by atoms with Gasteiger partial charge in [-0.25, -0.2) is 4.79 Å². The first-order valence-electron chi connectivity index (χ1n) is 7.26. The molecule has 0 aromatic heterocycles. The minimum absolute atomic E-state index is 0.0676. The molecule has 0 spiro atoms. The van der Waals surface area contributed by atoms with Crippen LogP contribution in [0.2, 0.25) is 0 Å². The molecular weight excluding hydrogens is 364 g/mol. The first kappa shape index (κ1) is 19.1. The number of nitrogens with zero attached hydrogens (tertiary/aromatic N) is 1. The highest BCUT2D eigenvalue weighted by Crippen LogP contribution is 2.33. The predicted octanol–water partition coefficient (Wildman–Crippen LogP) is 4.01. The lowest BCUT2D eigenvalue weighted by molar-refractivity contribution is -0.384. The van der Waals surface area contributed by atoms with E-state index in [1.165, 1.54) is 24.3 Å². The van der Waals surface area contributed by atoms with Crippen LogP contribution in [0.25, 0.3) is 0 Å². The van der Waals surface area contributed by atoms with E-state index in [1.54, 1.807) is 21.6 Å². The number of hydrogen-bond acceptors (Lipinski definition) is 8. The maximum atomic E-state index is 11.8. The number of benzene rings is 2. The number of ether oxygens (including phenoxy) is 2. The summed E-state index contributed by atoms with van der Waals surface area (Å²) >= 11 is 0. The van der Waals surface area contributed by atoms with E-state index < -0.39 is 11.1 Å². The zero-order chi connectivity index (χ0) is 18.1. The number of hydrogen-bond donors (Lipinski definition) is 1. The van der Waals surface area contributed by atoms with E-state index in [0.717, 1.165) is 16.2 Å². The zero-order valence-corrected chi connectivity index (χ0v) is 14.8. The normalized spacial score (nSPS) is 10.3. The van der Waals surface area contributed by atoms with Crippen LogP contribution in [0.3, 0.4) is 0 Å². The van der Waals surface area contributed by atoms with Crippen molar-refractivity contribution in [2.24, 2.45) is 5.73 Å². The summed E-state index contributed by atoms with van der Waals surface area (Å²) in [4.78, 5) is 22.8. The van der Waals surface area contributed by atoms with Crippen molar-refractivity contribution in [2.75, 3.05) is 12.3 Å². The van der Waals surface area contributed by atoms with Gasteiger partial charge in [-0.05, 0) is 18.2 Å². The second-order valence-corrected chi connectivity index (χ2v) is 7.15. The summed E-state index contributed by atoms with van der Waals surface area (Å²) in [5.41, 5.74) is 6.25. The molecule has 0 saturated heterocycles. The third-order valence-corrected chi connectivity index (χ3v) is 5.41. The zero-order valence-electron chi connectivity index (χ0n) is 13.1. The highest BCUT2D eigenvalue weighted by atomic mass is 33.1. The molecule has 0 aliphatic heterocycles. The van der Waals surface area contributed by atoms with E-state index in [9.17, 15) is 14.9 Å². The number of carbonyl (C=O) groups is 1. The largest absolute Gasteiger partial charge is 0.514 e. The molecule has 0 aliphatic rings. The lowest BCUT2D eigenvalue weighted by Crippen LogP contribution is -2.10. The number of nitrogens with two attached hydrogens (primary N) is 1. The van der Waals surface area contributed by atoms with Crippen molar-refractivity contribution >= 4 is 33.4 Å². The number of nitro benzene ring substituents is 1. The van der Waals surface area contributed by atoms with E-state index in [1.807, 2.05) is 24.3 Å². The molecule has 0 saturated carbocycles. The van der Waals surface area contributed by atoms with Crippen molar-refractivity contribution in [3.63, 3.8) is 0 Å². The quantitative estimate of drug-likeness (QED) is 0.183. The van der Waals surface area contributed by atoms with Crippen LogP contribution in [0.1, 0.15) is 5.56 Å². The lowest BCUT2D eigenvalue weighted by Gasteiger charge is -2.09. The van der Waals surface area contributed by atoms with E-state index in [4.69, 9.17) is 15.2 Å². The monoisotopic (exact) mass is 380 g/mol. The molecule has 2 aromatic carbocycles. The van der Waals surface area contributed by atoms with Gasteiger partial charge in [0.2, 0.25) is 0 Å². The number of rotatable bonds is 8. The van der Waals surface area contributed by atoms with Crippen molar-refractivity contribution in [1.29, 1.82) is 0 Å². The average Bonchev–Trinajstić information content (AvgIpc) is 2.61. The van der Waals surface area contributed by atoms with Gasteiger partial charge in [0.1, 0.15) is 12.4 Å². The van der Waals surface area contributed by atoms with Crippen molar-refractivity contribution < 1.29 is 19.2 Å². The summed E-state index contributed by atoms with van der Waals surface area (Å²) in [7, 11) is 3.20. The highest BCUT2D eigenvalue weighted by Gasteiger charge is 2.11. The minimum Gasteiger partial charge on any atom is -0.429 e. The summed E-state index contributed by atoms with van der Waals surface area (Å²) in [6, 6.07) is 12.8. The van der Waals surface area contributed by atoms with Crippen molar-refractivity contribution in [1.82, 2.24) is 0 Å². The summed E-state index contributed by atoms with van der Waals surface area (Å²) in [6.07, 6.45) is -0.872. The Hall–Kier alpha value is -2.23. The Labute approximate surface area is 152 Å². The molecule has 0 unspecified atom stereocenters. The summed E-state index contributed by atoms with van der Waals surface area (Å²) in [5.74, 6) is 0.999. The third-order valence-electron chi connectivity index (χ3n) is 2.92. The molecule has 2 rings (SSSR count). The molecule has 0 atom stereocenters. The van der Waals surface area contributed by atoms with Gasteiger partial charge in [0.15, 0.2) is 0 Å². The van der Waals surface area contributed by atoms with E-state index in [-0.39, 0.29) is 18.0 Å². The van der Waals surface area contributed by atoms with Crippen LogP contribution < -0.4 is 10.5 Å². The van der Waals surface area contributed by atoms with Crippen LogP contribution in [0, 0.1) is 10.1 Å². The number of non-ortho nitro benzene ring substituents is 1. The Morgan fingerprint density at radius 2 is 1.88 bits per heavy atom. The molecule has 0 heterocycles. The van der Waals surface area contributed by atoms with Crippen LogP contribution in [0.4, 0.5) is 10.5 Å². The Kier molecular flexibility index (Phi) is 7.58. The second-order valence-electron chi connectivity index (χ2n) is 4.69. The fourth-order valence-corrected chi connectivity index (χ4v) is 3.84. The standard InChI is InChI=1S/C16H16N2O5S2/c17-9-10-24-25-15-4-2-1-3-12(15)11-22-16(19)23-14-7-5-13(6-8-14)18(20)21/h1-8H,9-11,17H2. The molecule has 0 aliphatic carbocycles. The first-order valence-corrected chi connectivity index (χ1v) is 9.58. The highest BCUT2D eigenvalue weighted by molar-refractivity contribution is 8.76. The molecule has 0 amide bonds. The van der Waals surface area contributed by atoms with Gasteiger partial charge >= 0.3 is 6.16 Å². The number of nitro groups is 1. The van der Waals surface area contributed by atoms with E-state index in [2.05, 4.69) is 0 Å². The second kappa shape index (κ2) is 9.92. The Morgan fingerprint density at radius 3 is 2.56 bits per heavy atom. The van der Waals surface area contributed by atoms with Gasteiger partial charge in [0.25, 0.3) is 5.69 Å². The van der Waals surface area contributed by atoms with Crippen LogP contribution in [0.15, 0.2) is 53.4 Å².